The molecule has 0 saturated heterocycles. The van der Waals surface area contributed by atoms with Crippen LogP contribution in [0.5, 0.6) is 5.75 Å². The van der Waals surface area contributed by atoms with E-state index in [1.54, 1.807) is 20.1 Å². The minimum Gasteiger partial charge on any atom is -0.495 e. The van der Waals surface area contributed by atoms with E-state index < -0.39 is 0 Å². The lowest BCUT2D eigenvalue weighted by molar-refractivity contribution is 0.415. The number of nitriles is 1. The van der Waals surface area contributed by atoms with E-state index in [1.165, 1.54) is 0 Å². The molecule has 4 nitrogen and oxygen atoms in total. The van der Waals surface area contributed by atoms with Gasteiger partial charge >= 0.3 is 0 Å². The third kappa shape index (κ3) is 2.13. The van der Waals surface area contributed by atoms with Crippen LogP contribution in [0.4, 0.5) is 5.88 Å². The van der Waals surface area contributed by atoms with E-state index in [0.717, 1.165) is 11.1 Å². The van der Waals surface area contributed by atoms with Crippen molar-refractivity contribution in [1.82, 2.24) is 0 Å². The van der Waals surface area contributed by atoms with Crippen molar-refractivity contribution in [3.05, 3.63) is 34.0 Å². The maximum atomic E-state index is 9.19. The summed E-state index contributed by atoms with van der Waals surface area (Å²) in [5.74, 6) is 1.32. The predicted octanol–water partition coefficient (Wildman–Crippen LogP) is 3.68. The first-order valence-corrected chi connectivity index (χ1v) is 6.00. The summed E-state index contributed by atoms with van der Waals surface area (Å²) >= 11 is 6.14. The molecule has 0 aliphatic rings. The zero-order valence-corrected chi connectivity index (χ0v) is 11.6. The van der Waals surface area contributed by atoms with Crippen molar-refractivity contribution >= 4 is 17.5 Å². The lowest BCUT2D eigenvalue weighted by Crippen LogP contribution is -1.92. The molecule has 0 unspecified atom stereocenters. The van der Waals surface area contributed by atoms with Crippen LogP contribution in [0.2, 0.25) is 5.02 Å². The Bertz CT molecular complexity index is 684. The molecule has 0 amide bonds. The number of benzene rings is 1. The highest BCUT2D eigenvalue weighted by Gasteiger charge is 2.20. The number of rotatable bonds is 2. The molecule has 2 N–H and O–H groups in total. The molecule has 0 spiro atoms. The number of anilines is 1. The van der Waals surface area contributed by atoms with E-state index in [0.29, 0.717) is 27.7 Å². The second-order valence-electron chi connectivity index (χ2n) is 4.19. The summed E-state index contributed by atoms with van der Waals surface area (Å²) in [6.07, 6.45) is 0. The molecule has 98 valence electrons. The number of nitrogen functional groups attached to an aromatic ring is 1. The second kappa shape index (κ2) is 4.87. The van der Waals surface area contributed by atoms with E-state index in [4.69, 9.17) is 26.5 Å². The number of hydrogen-bond acceptors (Lipinski definition) is 4. The van der Waals surface area contributed by atoms with Crippen LogP contribution in [-0.4, -0.2) is 7.11 Å². The summed E-state index contributed by atoms with van der Waals surface area (Å²) in [6.45, 7) is 3.68. The molecule has 0 fully saturated rings. The Morgan fingerprint density at radius 3 is 2.63 bits per heavy atom. The Labute approximate surface area is 116 Å². The van der Waals surface area contributed by atoms with Crippen LogP contribution in [0.1, 0.15) is 16.9 Å². The molecule has 0 saturated carbocycles. The fraction of sp³-hybridized carbons (Fsp3) is 0.214. The number of nitrogens with zero attached hydrogens (tertiary/aromatic N) is 1. The molecular formula is C14H13ClN2O2. The van der Waals surface area contributed by atoms with Gasteiger partial charge < -0.3 is 14.9 Å². The largest absolute Gasteiger partial charge is 0.495 e. The quantitative estimate of drug-likeness (QED) is 0.908. The third-order valence-electron chi connectivity index (χ3n) is 2.99. The maximum Gasteiger partial charge on any atom is 0.209 e. The summed E-state index contributed by atoms with van der Waals surface area (Å²) < 4.78 is 10.5. The van der Waals surface area contributed by atoms with Gasteiger partial charge in [-0.3, -0.25) is 0 Å². The van der Waals surface area contributed by atoms with Crippen LogP contribution in [0.25, 0.3) is 11.1 Å². The Kier molecular flexibility index (Phi) is 3.41. The van der Waals surface area contributed by atoms with Crippen LogP contribution >= 0.6 is 11.6 Å². The Hall–Kier alpha value is -2.12. The van der Waals surface area contributed by atoms with Gasteiger partial charge in [-0.1, -0.05) is 11.6 Å². The molecule has 0 atom stereocenters. The van der Waals surface area contributed by atoms with E-state index in [9.17, 15) is 5.26 Å². The van der Waals surface area contributed by atoms with Gasteiger partial charge in [-0.05, 0) is 37.1 Å². The number of methoxy groups -OCH3 is 1. The van der Waals surface area contributed by atoms with Gasteiger partial charge in [0.05, 0.1) is 12.1 Å². The molecule has 1 aromatic carbocycles. The normalized spacial score (nSPS) is 10.3. The minimum absolute atomic E-state index is 0.126. The number of nitrogens with two attached hydrogens (primary N) is 1. The lowest BCUT2D eigenvalue weighted by Gasteiger charge is -2.10. The van der Waals surface area contributed by atoms with Crippen LogP contribution in [0, 0.1) is 25.2 Å². The van der Waals surface area contributed by atoms with Crippen LogP contribution in [0.15, 0.2) is 16.5 Å². The van der Waals surface area contributed by atoms with Crippen LogP contribution in [0.3, 0.4) is 0 Å². The highest BCUT2D eigenvalue weighted by Crippen LogP contribution is 2.39. The fourth-order valence-electron chi connectivity index (χ4n) is 2.08. The van der Waals surface area contributed by atoms with Crippen molar-refractivity contribution in [3.8, 4) is 22.9 Å². The summed E-state index contributed by atoms with van der Waals surface area (Å²) in [7, 11) is 1.56. The number of furan rings is 1. The van der Waals surface area contributed by atoms with E-state index in [-0.39, 0.29) is 5.88 Å². The van der Waals surface area contributed by atoms with Gasteiger partial charge in [-0.15, -0.1) is 0 Å². The summed E-state index contributed by atoms with van der Waals surface area (Å²) in [6, 6.07) is 5.64. The van der Waals surface area contributed by atoms with Gasteiger partial charge in [0.25, 0.3) is 0 Å². The zero-order chi connectivity index (χ0) is 14.2. The fourth-order valence-corrected chi connectivity index (χ4v) is 2.32. The topological polar surface area (TPSA) is 72.2 Å². The van der Waals surface area contributed by atoms with Crippen molar-refractivity contribution in [2.75, 3.05) is 12.8 Å². The molecule has 0 bridgehead atoms. The average molecular weight is 277 g/mol. The Morgan fingerprint density at radius 1 is 1.37 bits per heavy atom. The first-order chi connectivity index (χ1) is 8.99. The number of halogens is 1. The van der Waals surface area contributed by atoms with Gasteiger partial charge in [0, 0.05) is 5.56 Å². The molecule has 2 rings (SSSR count). The molecule has 5 heteroatoms. The van der Waals surface area contributed by atoms with Crippen molar-refractivity contribution in [2.45, 2.75) is 13.8 Å². The van der Waals surface area contributed by atoms with Crippen molar-refractivity contribution < 1.29 is 9.15 Å². The molecule has 0 radical (unpaired) electrons. The number of hydrogen-bond donors (Lipinski definition) is 1. The molecule has 1 heterocycles. The molecule has 2 aromatic rings. The van der Waals surface area contributed by atoms with E-state index in [1.807, 2.05) is 13.0 Å². The lowest BCUT2D eigenvalue weighted by atomic mass is 9.97. The average Bonchev–Trinajstić information content (AvgIpc) is 2.65. The monoisotopic (exact) mass is 276 g/mol. The standard InChI is InChI=1S/C14H13ClN2O2/c1-7-4-12(18-3)11(15)5-9(7)13-8(2)19-14(17)10(13)6-16/h4-5H,17H2,1-3H3. The number of aryl methyl sites for hydroxylation is 2. The van der Waals surface area contributed by atoms with Crippen LogP contribution < -0.4 is 10.5 Å². The molecule has 19 heavy (non-hydrogen) atoms. The summed E-state index contributed by atoms with van der Waals surface area (Å²) in [5, 5.41) is 9.67. The van der Waals surface area contributed by atoms with Crippen molar-refractivity contribution in [1.29, 1.82) is 5.26 Å². The molecule has 0 aliphatic carbocycles. The molecular weight excluding hydrogens is 264 g/mol. The van der Waals surface area contributed by atoms with E-state index in [2.05, 4.69) is 6.07 Å². The molecule has 1 aromatic heterocycles. The smallest absolute Gasteiger partial charge is 0.209 e. The third-order valence-corrected chi connectivity index (χ3v) is 3.29. The molecule has 0 aliphatic heterocycles. The first kappa shape index (κ1) is 13.3. The maximum absolute atomic E-state index is 9.19. The van der Waals surface area contributed by atoms with Crippen molar-refractivity contribution in [2.24, 2.45) is 0 Å². The highest BCUT2D eigenvalue weighted by atomic mass is 35.5. The van der Waals surface area contributed by atoms with Gasteiger partial charge in [0.2, 0.25) is 5.88 Å². The van der Waals surface area contributed by atoms with Crippen molar-refractivity contribution in [3.63, 3.8) is 0 Å². The Morgan fingerprint density at radius 2 is 2.05 bits per heavy atom. The van der Waals surface area contributed by atoms with Gasteiger partial charge in [-0.25, -0.2) is 0 Å². The second-order valence-corrected chi connectivity index (χ2v) is 4.59. The van der Waals surface area contributed by atoms with E-state index >= 15 is 0 Å². The Balaban J connectivity index is 2.73. The van der Waals surface area contributed by atoms with Gasteiger partial charge in [0.1, 0.15) is 23.1 Å². The zero-order valence-electron chi connectivity index (χ0n) is 10.9. The van der Waals surface area contributed by atoms with Crippen LogP contribution in [-0.2, 0) is 0 Å². The summed E-state index contributed by atoms with van der Waals surface area (Å²) in [4.78, 5) is 0. The van der Waals surface area contributed by atoms with Gasteiger partial charge in [-0.2, -0.15) is 5.26 Å². The summed E-state index contributed by atoms with van der Waals surface area (Å²) in [5.41, 5.74) is 8.46. The first-order valence-electron chi connectivity index (χ1n) is 5.63. The number of ether oxygens (including phenoxy) is 1. The predicted molar refractivity (Wildman–Crippen MR) is 74.3 cm³/mol. The minimum atomic E-state index is 0.126. The van der Waals surface area contributed by atoms with Gasteiger partial charge in [0.15, 0.2) is 0 Å². The highest BCUT2D eigenvalue weighted by molar-refractivity contribution is 6.32. The SMILES string of the molecule is COc1cc(C)c(-c2c(C)oc(N)c2C#N)cc1Cl.